The molecule has 1 heterocycles. The molecule has 1 saturated carbocycles. The van der Waals surface area contributed by atoms with Crippen LogP contribution in [-0.4, -0.2) is 31.1 Å². The number of piperidine rings is 1. The van der Waals surface area contributed by atoms with E-state index in [1.54, 1.807) is 7.11 Å². The van der Waals surface area contributed by atoms with Gasteiger partial charge in [0.15, 0.2) is 0 Å². The molecule has 0 bridgehead atoms. The van der Waals surface area contributed by atoms with Crippen molar-refractivity contribution in [1.29, 1.82) is 0 Å². The van der Waals surface area contributed by atoms with Crippen LogP contribution in [0.5, 0.6) is 5.75 Å². The van der Waals surface area contributed by atoms with Crippen LogP contribution in [0.3, 0.4) is 0 Å². The second kappa shape index (κ2) is 6.83. The zero-order valence-corrected chi connectivity index (χ0v) is 13.6. The van der Waals surface area contributed by atoms with Gasteiger partial charge in [0.2, 0.25) is 0 Å². The third-order valence-corrected chi connectivity index (χ3v) is 5.53. The molecule has 21 heavy (non-hydrogen) atoms. The maximum absolute atomic E-state index is 5.54. The summed E-state index contributed by atoms with van der Waals surface area (Å²) in [7, 11) is 1.79. The predicted octanol–water partition coefficient (Wildman–Crippen LogP) is 4.45. The lowest BCUT2D eigenvalue weighted by Gasteiger charge is -2.41. The van der Waals surface area contributed by atoms with E-state index in [0.29, 0.717) is 5.92 Å². The normalized spacial score (nSPS) is 28.5. The Labute approximate surface area is 129 Å². The number of ether oxygens (including phenoxy) is 1. The van der Waals surface area contributed by atoms with Crippen molar-refractivity contribution < 1.29 is 4.74 Å². The number of likely N-dealkylation sites (tertiary alicyclic amines) is 1. The SMILES string of the molecule is COc1ccccc1C1CCN(C2CCCC(C)C2)CC1. The number of benzene rings is 1. The van der Waals surface area contributed by atoms with E-state index in [9.17, 15) is 0 Å². The highest BCUT2D eigenvalue weighted by Gasteiger charge is 2.29. The summed E-state index contributed by atoms with van der Waals surface area (Å²) in [6, 6.07) is 9.42. The maximum Gasteiger partial charge on any atom is 0.122 e. The minimum absolute atomic E-state index is 0.679. The molecule has 1 aliphatic heterocycles. The van der Waals surface area contributed by atoms with Crippen LogP contribution in [0, 0.1) is 5.92 Å². The van der Waals surface area contributed by atoms with Crippen molar-refractivity contribution in [3.8, 4) is 5.75 Å². The van der Waals surface area contributed by atoms with Crippen molar-refractivity contribution in [3.05, 3.63) is 29.8 Å². The fourth-order valence-corrected chi connectivity index (χ4v) is 4.31. The third-order valence-electron chi connectivity index (χ3n) is 5.53. The van der Waals surface area contributed by atoms with Gasteiger partial charge in [0.1, 0.15) is 5.75 Å². The Balaban J connectivity index is 1.60. The van der Waals surface area contributed by atoms with Crippen molar-refractivity contribution in [3.63, 3.8) is 0 Å². The summed E-state index contributed by atoms with van der Waals surface area (Å²) >= 11 is 0. The number of hydrogen-bond acceptors (Lipinski definition) is 2. The molecule has 3 rings (SSSR count). The van der Waals surface area contributed by atoms with Gasteiger partial charge >= 0.3 is 0 Å². The van der Waals surface area contributed by atoms with Crippen molar-refractivity contribution >= 4 is 0 Å². The van der Waals surface area contributed by atoms with Gasteiger partial charge in [0.25, 0.3) is 0 Å². The summed E-state index contributed by atoms with van der Waals surface area (Å²) in [5.74, 6) is 2.68. The van der Waals surface area contributed by atoms with Crippen LogP contribution in [0.4, 0.5) is 0 Å². The van der Waals surface area contributed by atoms with Gasteiger partial charge in [-0.1, -0.05) is 38.0 Å². The van der Waals surface area contributed by atoms with E-state index in [4.69, 9.17) is 4.74 Å². The second-order valence-corrected chi connectivity index (χ2v) is 6.98. The predicted molar refractivity (Wildman–Crippen MR) is 88.0 cm³/mol. The molecule has 1 aromatic rings. The molecule has 2 unspecified atom stereocenters. The number of rotatable bonds is 3. The highest BCUT2D eigenvalue weighted by molar-refractivity contribution is 5.36. The first-order chi connectivity index (χ1) is 10.3. The summed E-state index contributed by atoms with van der Waals surface area (Å²) in [5, 5.41) is 0. The van der Waals surface area contributed by atoms with Crippen molar-refractivity contribution in [2.75, 3.05) is 20.2 Å². The Morgan fingerprint density at radius 2 is 1.81 bits per heavy atom. The molecule has 0 spiro atoms. The number of nitrogens with zero attached hydrogens (tertiary/aromatic N) is 1. The molecule has 1 saturated heterocycles. The summed E-state index contributed by atoms with van der Waals surface area (Å²) < 4.78 is 5.54. The van der Waals surface area contributed by atoms with E-state index in [1.807, 2.05) is 0 Å². The maximum atomic E-state index is 5.54. The van der Waals surface area contributed by atoms with E-state index in [1.165, 1.54) is 57.2 Å². The van der Waals surface area contributed by atoms with Crippen molar-refractivity contribution in [1.82, 2.24) is 4.90 Å². The first-order valence-electron chi connectivity index (χ1n) is 8.65. The van der Waals surface area contributed by atoms with Crippen LogP contribution in [0.2, 0.25) is 0 Å². The Hall–Kier alpha value is -1.02. The molecule has 2 nitrogen and oxygen atoms in total. The molecule has 0 N–H and O–H groups in total. The molecule has 0 radical (unpaired) electrons. The van der Waals surface area contributed by atoms with Gasteiger partial charge < -0.3 is 9.64 Å². The highest BCUT2D eigenvalue weighted by atomic mass is 16.5. The van der Waals surface area contributed by atoms with Gasteiger partial charge in [-0.15, -0.1) is 0 Å². The lowest BCUT2D eigenvalue weighted by atomic mass is 9.83. The molecule has 2 aliphatic rings. The molecular formula is C19H29NO. The molecule has 1 aromatic carbocycles. The molecular weight excluding hydrogens is 258 g/mol. The Bertz CT molecular complexity index is 451. The first-order valence-corrected chi connectivity index (χ1v) is 8.65. The Morgan fingerprint density at radius 1 is 1.05 bits per heavy atom. The van der Waals surface area contributed by atoms with E-state index < -0.39 is 0 Å². The number of hydrogen-bond donors (Lipinski definition) is 0. The number of methoxy groups -OCH3 is 1. The number of para-hydroxylation sites is 1. The highest BCUT2D eigenvalue weighted by Crippen LogP contribution is 2.36. The van der Waals surface area contributed by atoms with E-state index >= 15 is 0 Å². The fourth-order valence-electron chi connectivity index (χ4n) is 4.31. The molecule has 116 valence electrons. The molecule has 0 aromatic heterocycles. The average molecular weight is 287 g/mol. The summed E-state index contributed by atoms with van der Waals surface area (Å²) in [4.78, 5) is 2.77. The lowest BCUT2D eigenvalue weighted by Crippen LogP contribution is -2.43. The van der Waals surface area contributed by atoms with Crippen LogP contribution in [0.15, 0.2) is 24.3 Å². The van der Waals surface area contributed by atoms with E-state index in [0.717, 1.165) is 17.7 Å². The topological polar surface area (TPSA) is 12.5 Å². The second-order valence-electron chi connectivity index (χ2n) is 6.98. The summed E-state index contributed by atoms with van der Waals surface area (Å²) in [5.41, 5.74) is 1.41. The van der Waals surface area contributed by atoms with Crippen molar-refractivity contribution in [2.24, 2.45) is 5.92 Å². The van der Waals surface area contributed by atoms with Crippen LogP contribution < -0.4 is 4.74 Å². The largest absolute Gasteiger partial charge is 0.496 e. The van der Waals surface area contributed by atoms with Gasteiger partial charge in [-0.2, -0.15) is 0 Å². The van der Waals surface area contributed by atoms with E-state index in [-0.39, 0.29) is 0 Å². The Morgan fingerprint density at radius 3 is 2.52 bits per heavy atom. The molecule has 2 heteroatoms. The smallest absolute Gasteiger partial charge is 0.122 e. The average Bonchev–Trinajstić information content (AvgIpc) is 2.55. The summed E-state index contributed by atoms with van der Waals surface area (Å²) in [6.45, 7) is 4.95. The minimum atomic E-state index is 0.679. The lowest BCUT2D eigenvalue weighted by molar-refractivity contribution is 0.105. The zero-order valence-electron chi connectivity index (χ0n) is 13.6. The van der Waals surface area contributed by atoms with Crippen molar-refractivity contribution in [2.45, 2.75) is 57.4 Å². The standard InChI is InChI=1S/C19H29NO/c1-15-6-5-7-17(14-15)20-12-10-16(11-13-20)18-8-3-4-9-19(18)21-2/h3-4,8-9,15-17H,5-7,10-14H2,1-2H3. The van der Waals surface area contributed by atoms with Crippen LogP contribution >= 0.6 is 0 Å². The molecule has 1 aliphatic carbocycles. The first kappa shape index (κ1) is 14.9. The monoisotopic (exact) mass is 287 g/mol. The fraction of sp³-hybridized carbons (Fsp3) is 0.684. The van der Waals surface area contributed by atoms with Gasteiger partial charge in [0, 0.05) is 6.04 Å². The quantitative estimate of drug-likeness (QED) is 0.814. The molecule has 2 fully saturated rings. The molecule has 0 amide bonds. The van der Waals surface area contributed by atoms with Gasteiger partial charge in [-0.25, -0.2) is 0 Å². The van der Waals surface area contributed by atoms with Gasteiger partial charge in [-0.3, -0.25) is 0 Å². The minimum Gasteiger partial charge on any atom is -0.496 e. The van der Waals surface area contributed by atoms with Gasteiger partial charge in [0.05, 0.1) is 7.11 Å². The van der Waals surface area contributed by atoms with Crippen LogP contribution in [-0.2, 0) is 0 Å². The van der Waals surface area contributed by atoms with Gasteiger partial charge in [-0.05, 0) is 62.2 Å². The summed E-state index contributed by atoms with van der Waals surface area (Å²) in [6.07, 6.45) is 8.27. The zero-order chi connectivity index (χ0) is 14.7. The van der Waals surface area contributed by atoms with E-state index in [2.05, 4.69) is 36.1 Å². The molecule has 2 atom stereocenters. The van der Waals surface area contributed by atoms with Crippen LogP contribution in [0.25, 0.3) is 0 Å². The van der Waals surface area contributed by atoms with Crippen LogP contribution in [0.1, 0.15) is 56.9 Å². The Kier molecular flexibility index (Phi) is 4.84. The third kappa shape index (κ3) is 3.42.